The summed E-state index contributed by atoms with van der Waals surface area (Å²) in [6, 6.07) is 14.0. The van der Waals surface area contributed by atoms with Gasteiger partial charge in [0.25, 0.3) is 5.91 Å². The number of primary amides is 1. The molecule has 0 saturated heterocycles. The number of aryl methyl sites for hydroxylation is 1. The number of para-hydroxylation sites is 2. The molecule has 1 aromatic heterocycles. The Morgan fingerprint density at radius 1 is 1.08 bits per heavy atom. The number of carbonyl (C=O) groups is 2. The zero-order valence-corrected chi connectivity index (χ0v) is 13.3. The van der Waals surface area contributed by atoms with Gasteiger partial charge in [-0.15, -0.1) is 0 Å². The third-order valence-corrected chi connectivity index (χ3v) is 3.76. The minimum atomic E-state index is -0.522. The van der Waals surface area contributed by atoms with Gasteiger partial charge in [-0.05, 0) is 42.8 Å². The second kappa shape index (κ2) is 6.54. The fourth-order valence-electron chi connectivity index (χ4n) is 2.58. The van der Waals surface area contributed by atoms with Crippen LogP contribution in [0.5, 0.6) is 0 Å². The van der Waals surface area contributed by atoms with Gasteiger partial charge < -0.3 is 10.3 Å². The molecule has 3 rings (SSSR count). The molecule has 24 heavy (non-hydrogen) atoms. The fraction of sp³-hybridized carbons (Fsp3) is 0.167. The van der Waals surface area contributed by atoms with Gasteiger partial charge in [0.1, 0.15) is 0 Å². The van der Waals surface area contributed by atoms with Crippen molar-refractivity contribution in [1.82, 2.24) is 9.55 Å². The molecule has 0 radical (unpaired) electrons. The summed E-state index contributed by atoms with van der Waals surface area (Å²) in [5.74, 6) is -0.285. The SMILES string of the molecule is CCCn1c(NC(=O)c2ccc(C(N)=O)cc2)nc2ccccc21. The Bertz CT molecular complexity index is 897. The van der Waals surface area contributed by atoms with E-state index in [-0.39, 0.29) is 5.91 Å². The van der Waals surface area contributed by atoms with E-state index in [4.69, 9.17) is 5.73 Å². The molecule has 0 bridgehead atoms. The predicted octanol–water partition coefficient (Wildman–Crippen LogP) is 2.80. The van der Waals surface area contributed by atoms with E-state index in [1.807, 2.05) is 28.8 Å². The van der Waals surface area contributed by atoms with Crippen molar-refractivity contribution in [1.29, 1.82) is 0 Å². The molecule has 1 heterocycles. The molecule has 3 aromatic rings. The van der Waals surface area contributed by atoms with Crippen molar-refractivity contribution >= 4 is 28.8 Å². The van der Waals surface area contributed by atoms with Crippen molar-refractivity contribution in [3.63, 3.8) is 0 Å². The number of hydrogen-bond acceptors (Lipinski definition) is 3. The molecule has 2 amide bonds. The van der Waals surface area contributed by atoms with Gasteiger partial charge in [0.15, 0.2) is 0 Å². The molecule has 122 valence electrons. The Kier molecular flexibility index (Phi) is 4.29. The van der Waals surface area contributed by atoms with Crippen molar-refractivity contribution in [2.24, 2.45) is 5.73 Å². The van der Waals surface area contributed by atoms with E-state index in [0.29, 0.717) is 17.1 Å². The van der Waals surface area contributed by atoms with Crippen LogP contribution in [0.4, 0.5) is 5.95 Å². The molecule has 0 aliphatic rings. The molecule has 0 saturated carbocycles. The summed E-state index contributed by atoms with van der Waals surface area (Å²) in [5.41, 5.74) is 7.84. The molecule has 0 unspecified atom stereocenters. The van der Waals surface area contributed by atoms with Crippen LogP contribution in [0.2, 0.25) is 0 Å². The van der Waals surface area contributed by atoms with Gasteiger partial charge in [-0.1, -0.05) is 19.1 Å². The van der Waals surface area contributed by atoms with Crippen LogP contribution < -0.4 is 11.1 Å². The summed E-state index contributed by atoms with van der Waals surface area (Å²) in [4.78, 5) is 28.0. The van der Waals surface area contributed by atoms with Gasteiger partial charge in [-0.2, -0.15) is 0 Å². The highest BCUT2D eigenvalue weighted by molar-refractivity contribution is 6.04. The molecular weight excluding hydrogens is 304 g/mol. The second-order valence-corrected chi connectivity index (χ2v) is 5.47. The number of nitrogens with two attached hydrogens (primary N) is 1. The summed E-state index contributed by atoms with van der Waals surface area (Å²) >= 11 is 0. The van der Waals surface area contributed by atoms with E-state index in [1.165, 1.54) is 12.1 Å². The lowest BCUT2D eigenvalue weighted by atomic mass is 10.1. The molecule has 0 aliphatic heterocycles. The smallest absolute Gasteiger partial charge is 0.257 e. The number of imidazole rings is 1. The molecule has 3 N–H and O–H groups in total. The summed E-state index contributed by atoms with van der Waals surface area (Å²) < 4.78 is 1.99. The molecule has 0 spiro atoms. The lowest BCUT2D eigenvalue weighted by Crippen LogP contribution is -2.17. The van der Waals surface area contributed by atoms with Crippen LogP contribution in [0.1, 0.15) is 34.1 Å². The molecular formula is C18H18N4O2. The largest absolute Gasteiger partial charge is 0.366 e. The van der Waals surface area contributed by atoms with Crippen LogP contribution in [-0.4, -0.2) is 21.4 Å². The van der Waals surface area contributed by atoms with E-state index < -0.39 is 5.91 Å². The molecule has 0 fully saturated rings. The van der Waals surface area contributed by atoms with Crippen LogP contribution in [0, 0.1) is 0 Å². The van der Waals surface area contributed by atoms with Gasteiger partial charge in [0.2, 0.25) is 11.9 Å². The zero-order valence-electron chi connectivity index (χ0n) is 13.3. The highest BCUT2D eigenvalue weighted by Crippen LogP contribution is 2.20. The standard InChI is InChI=1S/C18H18N4O2/c1-2-11-22-15-6-4-3-5-14(15)20-18(22)21-17(24)13-9-7-12(8-10-13)16(19)23/h3-10H,2,11H2,1H3,(H2,19,23)(H,20,21,24). The normalized spacial score (nSPS) is 10.7. The van der Waals surface area contributed by atoms with Crippen molar-refractivity contribution in [2.45, 2.75) is 19.9 Å². The molecule has 6 nitrogen and oxygen atoms in total. The lowest BCUT2D eigenvalue weighted by molar-refractivity contribution is 0.0995. The van der Waals surface area contributed by atoms with Crippen molar-refractivity contribution < 1.29 is 9.59 Å². The van der Waals surface area contributed by atoms with Crippen molar-refractivity contribution in [2.75, 3.05) is 5.32 Å². The first kappa shape index (κ1) is 15.7. The fourth-order valence-corrected chi connectivity index (χ4v) is 2.58. The summed E-state index contributed by atoms with van der Waals surface area (Å²) in [5, 5.41) is 2.85. The first-order valence-corrected chi connectivity index (χ1v) is 7.76. The van der Waals surface area contributed by atoms with Crippen LogP contribution >= 0.6 is 0 Å². The maximum Gasteiger partial charge on any atom is 0.257 e. The van der Waals surface area contributed by atoms with Crippen LogP contribution in [-0.2, 0) is 6.54 Å². The average molecular weight is 322 g/mol. The third-order valence-electron chi connectivity index (χ3n) is 3.76. The van der Waals surface area contributed by atoms with Crippen molar-refractivity contribution in [3.05, 3.63) is 59.7 Å². The molecule has 2 aromatic carbocycles. The lowest BCUT2D eigenvalue weighted by Gasteiger charge is -2.09. The number of anilines is 1. The first-order chi connectivity index (χ1) is 11.6. The highest BCUT2D eigenvalue weighted by atomic mass is 16.2. The molecule has 0 atom stereocenters. The van der Waals surface area contributed by atoms with Gasteiger partial charge >= 0.3 is 0 Å². The summed E-state index contributed by atoms with van der Waals surface area (Å²) in [7, 11) is 0. The highest BCUT2D eigenvalue weighted by Gasteiger charge is 2.14. The Labute approximate surface area is 139 Å². The maximum atomic E-state index is 12.4. The van der Waals surface area contributed by atoms with Crippen LogP contribution in [0.15, 0.2) is 48.5 Å². The number of aromatic nitrogens is 2. The number of rotatable bonds is 5. The maximum absolute atomic E-state index is 12.4. The average Bonchev–Trinajstić information content (AvgIpc) is 2.93. The number of nitrogens with one attached hydrogen (secondary N) is 1. The molecule has 0 aliphatic carbocycles. The Morgan fingerprint density at radius 2 is 1.75 bits per heavy atom. The Hall–Kier alpha value is -3.15. The summed E-state index contributed by atoms with van der Waals surface area (Å²) in [6.45, 7) is 2.83. The number of carbonyl (C=O) groups excluding carboxylic acids is 2. The van der Waals surface area contributed by atoms with E-state index in [0.717, 1.165) is 24.0 Å². The monoisotopic (exact) mass is 322 g/mol. The number of nitrogens with zero attached hydrogens (tertiary/aromatic N) is 2. The number of amides is 2. The zero-order chi connectivity index (χ0) is 17.1. The van der Waals surface area contributed by atoms with E-state index in [1.54, 1.807) is 12.1 Å². The van der Waals surface area contributed by atoms with Crippen LogP contribution in [0.3, 0.4) is 0 Å². The Morgan fingerprint density at radius 3 is 2.42 bits per heavy atom. The van der Waals surface area contributed by atoms with Gasteiger partial charge in [0.05, 0.1) is 11.0 Å². The molecule has 6 heteroatoms. The second-order valence-electron chi connectivity index (χ2n) is 5.47. The minimum absolute atomic E-state index is 0.279. The Balaban J connectivity index is 1.89. The number of benzene rings is 2. The number of hydrogen-bond donors (Lipinski definition) is 2. The quantitative estimate of drug-likeness (QED) is 0.757. The van der Waals surface area contributed by atoms with Gasteiger partial charge in [-0.25, -0.2) is 4.98 Å². The van der Waals surface area contributed by atoms with Gasteiger partial charge in [0, 0.05) is 17.7 Å². The summed E-state index contributed by atoms with van der Waals surface area (Å²) in [6.07, 6.45) is 0.927. The van der Waals surface area contributed by atoms with E-state index in [9.17, 15) is 9.59 Å². The topological polar surface area (TPSA) is 90.0 Å². The predicted molar refractivity (Wildman–Crippen MR) is 92.9 cm³/mol. The van der Waals surface area contributed by atoms with E-state index in [2.05, 4.69) is 17.2 Å². The first-order valence-electron chi connectivity index (χ1n) is 7.76. The van der Waals surface area contributed by atoms with Gasteiger partial charge in [-0.3, -0.25) is 14.9 Å². The van der Waals surface area contributed by atoms with Crippen molar-refractivity contribution in [3.8, 4) is 0 Å². The minimum Gasteiger partial charge on any atom is -0.366 e. The van der Waals surface area contributed by atoms with E-state index >= 15 is 0 Å². The van der Waals surface area contributed by atoms with Crippen LogP contribution in [0.25, 0.3) is 11.0 Å². The number of fused-ring (bicyclic) bond motifs is 1. The third kappa shape index (κ3) is 2.99.